The number of nitrogens with zero attached hydrogens (tertiary/aromatic N) is 2. The van der Waals surface area contributed by atoms with E-state index in [-0.39, 0.29) is 0 Å². The van der Waals surface area contributed by atoms with Crippen LogP contribution < -0.4 is 5.32 Å². The van der Waals surface area contributed by atoms with Crippen LogP contribution in [0.3, 0.4) is 0 Å². The summed E-state index contributed by atoms with van der Waals surface area (Å²) in [6, 6.07) is 10.8. The minimum Gasteiger partial charge on any atom is -0.316 e. The predicted molar refractivity (Wildman–Crippen MR) is 97.0 cm³/mol. The van der Waals surface area contributed by atoms with Crippen LogP contribution in [0.15, 0.2) is 41.2 Å². The Morgan fingerprint density at radius 2 is 1.59 bits per heavy atom. The first-order chi connectivity index (χ1) is 10.8. The lowest BCUT2D eigenvalue weighted by molar-refractivity contribution is 0.136. The van der Waals surface area contributed by atoms with Crippen molar-refractivity contribution in [2.75, 3.05) is 45.8 Å². The van der Waals surface area contributed by atoms with Gasteiger partial charge in [0, 0.05) is 39.3 Å². The number of hydrogen-bond donors (Lipinski definition) is 1. The van der Waals surface area contributed by atoms with Gasteiger partial charge in [-0.15, -0.1) is 9.24 Å². The van der Waals surface area contributed by atoms with E-state index < -0.39 is 0 Å². The molecule has 2 aliphatic rings. The molecule has 1 unspecified atom stereocenters. The number of nitrogens with one attached hydrogen (secondary N) is 1. The molecule has 3 rings (SSSR count). The van der Waals surface area contributed by atoms with E-state index >= 15 is 0 Å². The maximum Gasteiger partial charge on any atom is 0.0234 e. The third kappa shape index (κ3) is 4.63. The van der Waals surface area contributed by atoms with Crippen molar-refractivity contribution in [3.05, 3.63) is 46.8 Å². The summed E-state index contributed by atoms with van der Waals surface area (Å²) in [7, 11) is 3.01. The van der Waals surface area contributed by atoms with Crippen LogP contribution in [-0.4, -0.2) is 55.6 Å². The third-order valence-electron chi connectivity index (χ3n) is 4.77. The Bertz CT molecular complexity index is 484. The fourth-order valence-corrected chi connectivity index (χ4v) is 3.90. The van der Waals surface area contributed by atoms with Crippen LogP contribution in [0.25, 0.3) is 0 Å². The van der Waals surface area contributed by atoms with Gasteiger partial charge in [-0.25, -0.2) is 0 Å². The van der Waals surface area contributed by atoms with Crippen LogP contribution in [0.1, 0.15) is 18.4 Å². The molecule has 1 atom stereocenters. The van der Waals surface area contributed by atoms with E-state index in [2.05, 4.69) is 54.7 Å². The van der Waals surface area contributed by atoms with Gasteiger partial charge in [0.25, 0.3) is 0 Å². The molecule has 22 heavy (non-hydrogen) atoms. The number of piperazine rings is 1. The predicted octanol–water partition coefficient (Wildman–Crippen LogP) is 2.32. The first-order valence-electron chi connectivity index (χ1n) is 8.47. The minimum absolute atomic E-state index is 1.09. The Morgan fingerprint density at radius 1 is 0.955 bits per heavy atom. The maximum absolute atomic E-state index is 3.44. The molecule has 0 amide bonds. The smallest absolute Gasteiger partial charge is 0.0234 e. The van der Waals surface area contributed by atoms with E-state index in [0.717, 1.165) is 26.2 Å². The standard InChI is InChI=1S/C18H28N3P/c22-18(17-6-8-19-9-7-17)15-21-12-10-20(11-13-21)14-16-4-2-1-3-5-16/h1-5,19H,6-15,22H2. The van der Waals surface area contributed by atoms with Gasteiger partial charge in [-0.2, -0.15) is 0 Å². The Morgan fingerprint density at radius 3 is 2.27 bits per heavy atom. The summed E-state index contributed by atoms with van der Waals surface area (Å²) in [5.41, 5.74) is 3.09. The second-order valence-electron chi connectivity index (χ2n) is 6.42. The van der Waals surface area contributed by atoms with Gasteiger partial charge in [0.1, 0.15) is 0 Å². The van der Waals surface area contributed by atoms with Gasteiger partial charge in [0.2, 0.25) is 0 Å². The van der Waals surface area contributed by atoms with E-state index in [4.69, 9.17) is 0 Å². The molecule has 0 bridgehead atoms. The topological polar surface area (TPSA) is 18.5 Å². The summed E-state index contributed by atoms with van der Waals surface area (Å²) < 4.78 is 0. The summed E-state index contributed by atoms with van der Waals surface area (Å²) in [5.74, 6) is 0. The van der Waals surface area contributed by atoms with Crippen molar-refractivity contribution in [3.8, 4) is 0 Å². The minimum atomic E-state index is 1.09. The average Bonchev–Trinajstić information content (AvgIpc) is 2.58. The van der Waals surface area contributed by atoms with E-state index in [9.17, 15) is 0 Å². The molecule has 0 aromatic heterocycles. The summed E-state index contributed by atoms with van der Waals surface area (Å²) in [6.45, 7) is 9.28. The van der Waals surface area contributed by atoms with Crippen LogP contribution >= 0.6 is 9.24 Å². The molecule has 1 N–H and O–H groups in total. The summed E-state index contributed by atoms with van der Waals surface area (Å²) in [6.07, 6.45) is 2.46. The fraction of sp³-hybridized carbons (Fsp3) is 0.556. The van der Waals surface area contributed by atoms with Crippen molar-refractivity contribution >= 4 is 9.24 Å². The molecule has 120 valence electrons. The van der Waals surface area contributed by atoms with Gasteiger partial charge < -0.3 is 5.32 Å². The molecule has 1 aromatic rings. The van der Waals surface area contributed by atoms with Gasteiger partial charge in [-0.3, -0.25) is 9.80 Å². The number of hydrogen-bond acceptors (Lipinski definition) is 3. The first kappa shape index (κ1) is 16.1. The molecule has 0 aliphatic carbocycles. The van der Waals surface area contributed by atoms with Crippen LogP contribution in [0.4, 0.5) is 0 Å². The highest BCUT2D eigenvalue weighted by molar-refractivity contribution is 7.22. The average molecular weight is 317 g/mol. The first-order valence-corrected chi connectivity index (χ1v) is 9.05. The monoisotopic (exact) mass is 317 g/mol. The van der Waals surface area contributed by atoms with Crippen LogP contribution in [0.2, 0.25) is 0 Å². The second-order valence-corrected chi connectivity index (χ2v) is 7.11. The van der Waals surface area contributed by atoms with Crippen molar-refractivity contribution in [1.29, 1.82) is 0 Å². The normalized spacial score (nSPS) is 21.0. The number of rotatable bonds is 4. The quantitative estimate of drug-likeness (QED) is 0.860. The summed E-state index contributed by atoms with van der Waals surface area (Å²) in [4.78, 5) is 5.19. The fourth-order valence-electron chi connectivity index (χ4n) is 3.35. The van der Waals surface area contributed by atoms with Crippen LogP contribution in [0, 0.1) is 0 Å². The van der Waals surface area contributed by atoms with E-state index in [1.807, 2.05) is 0 Å². The largest absolute Gasteiger partial charge is 0.316 e. The lowest BCUT2D eigenvalue weighted by Gasteiger charge is -2.35. The maximum atomic E-state index is 3.44. The molecule has 0 spiro atoms. The van der Waals surface area contributed by atoms with Gasteiger partial charge in [0.15, 0.2) is 0 Å². The summed E-state index contributed by atoms with van der Waals surface area (Å²) in [5, 5.41) is 4.98. The van der Waals surface area contributed by atoms with Gasteiger partial charge in [0.05, 0.1) is 0 Å². The van der Waals surface area contributed by atoms with Crippen molar-refractivity contribution in [3.63, 3.8) is 0 Å². The SMILES string of the molecule is PC(CN1CCN(Cc2ccccc2)CC1)=C1CCNCC1. The van der Waals surface area contributed by atoms with Crippen molar-refractivity contribution < 1.29 is 0 Å². The lowest BCUT2D eigenvalue weighted by atomic mass is 10.0. The van der Waals surface area contributed by atoms with Crippen molar-refractivity contribution in [2.45, 2.75) is 19.4 Å². The molecule has 1 aromatic carbocycles. The van der Waals surface area contributed by atoms with E-state index in [1.54, 1.807) is 5.57 Å². The zero-order chi connectivity index (χ0) is 15.2. The van der Waals surface area contributed by atoms with E-state index in [0.29, 0.717) is 0 Å². The zero-order valence-electron chi connectivity index (χ0n) is 13.4. The van der Waals surface area contributed by atoms with Crippen LogP contribution in [-0.2, 0) is 6.54 Å². The number of benzene rings is 1. The lowest BCUT2D eigenvalue weighted by Crippen LogP contribution is -2.46. The zero-order valence-corrected chi connectivity index (χ0v) is 14.6. The highest BCUT2D eigenvalue weighted by Crippen LogP contribution is 2.22. The molecule has 0 saturated carbocycles. The highest BCUT2D eigenvalue weighted by Gasteiger charge is 2.18. The Labute approximate surface area is 137 Å². The number of piperidine rings is 1. The van der Waals surface area contributed by atoms with Gasteiger partial charge >= 0.3 is 0 Å². The highest BCUT2D eigenvalue weighted by atomic mass is 31.0. The molecule has 0 radical (unpaired) electrons. The van der Waals surface area contributed by atoms with Crippen LogP contribution in [0.5, 0.6) is 0 Å². The third-order valence-corrected chi connectivity index (χ3v) is 5.36. The molecular formula is C18H28N3P. The Balaban J connectivity index is 1.45. The molecule has 2 heterocycles. The molecule has 2 saturated heterocycles. The second kappa shape index (κ2) is 8.21. The molecule has 4 heteroatoms. The van der Waals surface area contributed by atoms with Crippen molar-refractivity contribution in [2.24, 2.45) is 0 Å². The molecule has 2 fully saturated rings. The molecule has 3 nitrogen and oxygen atoms in total. The molecule has 2 aliphatic heterocycles. The molecular weight excluding hydrogens is 289 g/mol. The van der Waals surface area contributed by atoms with Gasteiger partial charge in [-0.1, -0.05) is 35.9 Å². The Hall–Kier alpha value is -0.730. The Kier molecular flexibility index (Phi) is 6.03. The summed E-state index contributed by atoms with van der Waals surface area (Å²) >= 11 is 0. The van der Waals surface area contributed by atoms with Crippen molar-refractivity contribution in [1.82, 2.24) is 15.1 Å². The van der Waals surface area contributed by atoms with E-state index in [1.165, 1.54) is 49.9 Å². The van der Waals surface area contributed by atoms with Gasteiger partial charge in [-0.05, 0) is 36.8 Å².